The van der Waals surface area contributed by atoms with Crippen molar-refractivity contribution in [1.82, 2.24) is 0 Å². The minimum atomic E-state index is -0.300. The number of benzene rings is 1. The SMILES string of the molecule is Cc1ccc(/C=C/C(=O)Nc2cccc(NC(=O)/C=C/c3ccc(C)o3)c2)o1. The molecule has 6 heteroatoms. The fraction of sp³-hybridized carbons (Fsp3) is 0.0909. The van der Waals surface area contributed by atoms with E-state index >= 15 is 0 Å². The lowest BCUT2D eigenvalue weighted by molar-refractivity contribution is -0.112. The van der Waals surface area contributed by atoms with Crippen LogP contribution < -0.4 is 10.6 Å². The van der Waals surface area contributed by atoms with Crippen LogP contribution in [0.3, 0.4) is 0 Å². The molecule has 0 saturated carbocycles. The summed E-state index contributed by atoms with van der Waals surface area (Å²) >= 11 is 0. The number of aryl methyl sites for hydroxylation is 2. The monoisotopic (exact) mass is 376 g/mol. The Morgan fingerprint density at radius 1 is 0.750 bits per heavy atom. The highest BCUT2D eigenvalue weighted by Gasteiger charge is 2.03. The third-order valence-corrected chi connectivity index (χ3v) is 3.72. The summed E-state index contributed by atoms with van der Waals surface area (Å²) in [4.78, 5) is 24.1. The van der Waals surface area contributed by atoms with Gasteiger partial charge >= 0.3 is 0 Å². The van der Waals surface area contributed by atoms with Gasteiger partial charge in [-0.05, 0) is 68.5 Å². The standard InChI is InChI=1S/C22H20N2O4/c1-15-6-8-19(27-15)10-12-21(25)23-17-4-3-5-18(14-17)24-22(26)13-11-20-9-7-16(2)28-20/h3-14H,1-2H3,(H,23,25)(H,24,26)/b12-10+,13-11+. The van der Waals surface area contributed by atoms with E-state index in [-0.39, 0.29) is 11.8 Å². The van der Waals surface area contributed by atoms with Crippen LogP contribution in [-0.4, -0.2) is 11.8 Å². The van der Waals surface area contributed by atoms with E-state index in [9.17, 15) is 9.59 Å². The summed E-state index contributed by atoms with van der Waals surface area (Å²) in [5.74, 6) is 2.16. The predicted octanol–water partition coefficient (Wildman–Crippen LogP) is 4.79. The van der Waals surface area contributed by atoms with Gasteiger partial charge in [0, 0.05) is 23.5 Å². The van der Waals surface area contributed by atoms with E-state index in [1.165, 1.54) is 12.2 Å². The van der Waals surface area contributed by atoms with Crippen LogP contribution in [0.25, 0.3) is 12.2 Å². The maximum absolute atomic E-state index is 12.0. The van der Waals surface area contributed by atoms with Crippen LogP contribution in [0.4, 0.5) is 11.4 Å². The van der Waals surface area contributed by atoms with Crippen molar-refractivity contribution in [2.45, 2.75) is 13.8 Å². The van der Waals surface area contributed by atoms with Crippen molar-refractivity contribution in [3.8, 4) is 0 Å². The zero-order chi connectivity index (χ0) is 19.9. The molecule has 2 aromatic heterocycles. The highest BCUT2D eigenvalue weighted by atomic mass is 16.3. The number of furan rings is 2. The summed E-state index contributed by atoms with van der Waals surface area (Å²) < 4.78 is 10.8. The first-order valence-electron chi connectivity index (χ1n) is 8.69. The van der Waals surface area contributed by atoms with E-state index in [2.05, 4.69) is 10.6 Å². The molecule has 142 valence electrons. The summed E-state index contributed by atoms with van der Waals surface area (Å²) in [7, 11) is 0. The van der Waals surface area contributed by atoms with Gasteiger partial charge in [0.15, 0.2) is 0 Å². The number of carbonyl (C=O) groups excluding carboxylic acids is 2. The van der Waals surface area contributed by atoms with Crippen molar-refractivity contribution in [1.29, 1.82) is 0 Å². The Morgan fingerprint density at radius 2 is 1.21 bits per heavy atom. The van der Waals surface area contributed by atoms with Crippen molar-refractivity contribution >= 4 is 35.3 Å². The average molecular weight is 376 g/mol. The van der Waals surface area contributed by atoms with Gasteiger partial charge in [0.2, 0.25) is 11.8 Å². The number of amides is 2. The highest BCUT2D eigenvalue weighted by Crippen LogP contribution is 2.16. The molecular weight excluding hydrogens is 356 g/mol. The van der Waals surface area contributed by atoms with Gasteiger partial charge in [0.05, 0.1) is 0 Å². The number of rotatable bonds is 6. The molecule has 0 aliphatic carbocycles. The van der Waals surface area contributed by atoms with Crippen LogP contribution in [0.1, 0.15) is 23.0 Å². The fourth-order valence-corrected chi connectivity index (χ4v) is 2.44. The van der Waals surface area contributed by atoms with Gasteiger partial charge in [-0.1, -0.05) is 6.07 Å². The first-order chi connectivity index (χ1) is 13.5. The third-order valence-electron chi connectivity index (χ3n) is 3.72. The minimum Gasteiger partial charge on any atom is -0.462 e. The highest BCUT2D eigenvalue weighted by molar-refractivity contribution is 6.04. The summed E-state index contributed by atoms with van der Waals surface area (Å²) in [6, 6.07) is 14.1. The van der Waals surface area contributed by atoms with Gasteiger partial charge in [-0.25, -0.2) is 0 Å². The molecule has 0 aliphatic rings. The van der Waals surface area contributed by atoms with Gasteiger partial charge in [0.1, 0.15) is 23.0 Å². The Morgan fingerprint density at radius 3 is 1.61 bits per heavy atom. The molecule has 3 rings (SSSR count). The number of hydrogen-bond donors (Lipinski definition) is 2. The summed E-state index contributed by atoms with van der Waals surface area (Å²) in [6.07, 6.45) is 5.96. The summed E-state index contributed by atoms with van der Waals surface area (Å²) in [6.45, 7) is 3.67. The minimum absolute atomic E-state index is 0.300. The van der Waals surface area contributed by atoms with Crippen LogP contribution in [0.5, 0.6) is 0 Å². The molecule has 2 heterocycles. The summed E-state index contributed by atoms with van der Waals surface area (Å²) in [5.41, 5.74) is 1.13. The molecule has 6 nitrogen and oxygen atoms in total. The maximum Gasteiger partial charge on any atom is 0.248 e. The lowest BCUT2D eigenvalue weighted by Gasteiger charge is -2.06. The van der Waals surface area contributed by atoms with Crippen molar-refractivity contribution in [3.63, 3.8) is 0 Å². The molecule has 0 atom stereocenters. The Labute approximate surface area is 162 Å². The van der Waals surface area contributed by atoms with Crippen molar-refractivity contribution < 1.29 is 18.4 Å². The molecular formula is C22H20N2O4. The lowest BCUT2D eigenvalue weighted by Crippen LogP contribution is -2.10. The van der Waals surface area contributed by atoms with Gasteiger partial charge in [0.25, 0.3) is 0 Å². The molecule has 0 aliphatic heterocycles. The van der Waals surface area contributed by atoms with Crippen LogP contribution in [-0.2, 0) is 9.59 Å². The van der Waals surface area contributed by atoms with Gasteiger partial charge in [-0.2, -0.15) is 0 Å². The van der Waals surface area contributed by atoms with E-state index < -0.39 is 0 Å². The molecule has 0 unspecified atom stereocenters. The Hall–Kier alpha value is -3.80. The normalized spacial score (nSPS) is 11.2. The van der Waals surface area contributed by atoms with Gasteiger partial charge in [-0.3, -0.25) is 9.59 Å². The number of nitrogens with one attached hydrogen (secondary N) is 2. The number of anilines is 2. The van der Waals surface area contributed by atoms with E-state index in [1.807, 2.05) is 26.0 Å². The van der Waals surface area contributed by atoms with E-state index in [1.54, 1.807) is 48.6 Å². The van der Waals surface area contributed by atoms with Crippen molar-refractivity contribution in [3.05, 3.63) is 83.7 Å². The topological polar surface area (TPSA) is 84.5 Å². The Kier molecular flexibility index (Phi) is 5.91. The first kappa shape index (κ1) is 19.0. The van der Waals surface area contributed by atoms with Crippen LogP contribution >= 0.6 is 0 Å². The molecule has 0 fully saturated rings. The second-order valence-electron chi connectivity index (χ2n) is 6.12. The summed E-state index contributed by atoms with van der Waals surface area (Å²) in [5, 5.41) is 5.48. The zero-order valence-electron chi connectivity index (χ0n) is 15.6. The molecule has 1 aromatic carbocycles. The molecule has 2 N–H and O–H groups in total. The van der Waals surface area contributed by atoms with E-state index in [4.69, 9.17) is 8.83 Å². The van der Waals surface area contributed by atoms with E-state index in [0.717, 1.165) is 11.5 Å². The zero-order valence-corrected chi connectivity index (χ0v) is 15.6. The van der Waals surface area contributed by atoms with Crippen LogP contribution in [0.2, 0.25) is 0 Å². The molecule has 0 radical (unpaired) electrons. The largest absolute Gasteiger partial charge is 0.462 e. The fourth-order valence-electron chi connectivity index (χ4n) is 2.44. The Bertz CT molecular complexity index is 961. The first-order valence-corrected chi connectivity index (χ1v) is 8.69. The average Bonchev–Trinajstić information content (AvgIpc) is 3.26. The molecule has 2 amide bonds. The molecule has 28 heavy (non-hydrogen) atoms. The third kappa shape index (κ3) is 5.60. The van der Waals surface area contributed by atoms with Crippen LogP contribution in [0.15, 0.2) is 69.5 Å². The second-order valence-corrected chi connectivity index (χ2v) is 6.12. The van der Waals surface area contributed by atoms with Crippen LogP contribution in [0, 0.1) is 13.8 Å². The van der Waals surface area contributed by atoms with Crippen molar-refractivity contribution in [2.75, 3.05) is 10.6 Å². The van der Waals surface area contributed by atoms with Gasteiger partial charge < -0.3 is 19.5 Å². The second kappa shape index (κ2) is 8.73. The maximum atomic E-state index is 12.0. The van der Waals surface area contributed by atoms with E-state index in [0.29, 0.717) is 22.9 Å². The lowest BCUT2D eigenvalue weighted by atomic mass is 10.2. The number of hydrogen-bond acceptors (Lipinski definition) is 4. The molecule has 0 spiro atoms. The van der Waals surface area contributed by atoms with Gasteiger partial charge in [-0.15, -0.1) is 0 Å². The predicted molar refractivity (Wildman–Crippen MR) is 109 cm³/mol. The molecule has 0 bridgehead atoms. The van der Waals surface area contributed by atoms with Crippen molar-refractivity contribution in [2.24, 2.45) is 0 Å². The number of carbonyl (C=O) groups is 2. The molecule has 3 aromatic rings. The smallest absolute Gasteiger partial charge is 0.248 e. The molecule has 0 saturated heterocycles. The Balaban J connectivity index is 1.57. The quantitative estimate of drug-likeness (QED) is 0.606.